The number of hydrogen-bond donors (Lipinski definition) is 1. The smallest absolute Gasteiger partial charge is 0.303 e. The van der Waals surface area contributed by atoms with E-state index in [9.17, 15) is 4.79 Å². The van der Waals surface area contributed by atoms with E-state index in [2.05, 4.69) is 13.0 Å². The fourth-order valence-corrected chi connectivity index (χ4v) is 1.04. The zero-order chi connectivity index (χ0) is 10.6. The molecule has 0 aliphatic rings. The average Bonchev–Trinajstić information content (AvgIpc) is 2.15. The second-order valence-electron chi connectivity index (χ2n) is 3.28. The maximum absolute atomic E-state index is 10.2. The van der Waals surface area contributed by atoms with Gasteiger partial charge in [0.1, 0.15) is 0 Å². The number of aliphatic carboxylic acids is 1. The Morgan fingerprint density at radius 2 is 1.71 bits per heavy atom. The third-order valence-electron chi connectivity index (χ3n) is 1.87. The minimum Gasteiger partial charge on any atom is -0.481 e. The first-order chi connectivity index (χ1) is 6.77. The van der Waals surface area contributed by atoms with Crippen LogP contribution in [-0.2, 0) is 4.79 Å². The molecule has 0 rings (SSSR count). The fraction of sp³-hybridized carbons (Fsp3) is 0.583. The molecule has 0 fully saturated rings. The molecule has 14 heavy (non-hydrogen) atoms. The van der Waals surface area contributed by atoms with E-state index in [1.807, 2.05) is 18.2 Å². The third-order valence-corrected chi connectivity index (χ3v) is 1.87. The molecule has 0 aromatic heterocycles. The maximum atomic E-state index is 10.2. The molecule has 0 saturated heterocycles. The van der Waals surface area contributed by atoms with Crippen LogP contribution in [0.5, 0.6) is 0 Å². The molecule has 0 amide bonds. The monoisotopic (exact) mass is 196 g/mol. The molecule has 0 aliphatic carbocycles. The molecule has 0 aliphatic heterocycles. The second kappa shape index (κ2) is 10.0. The number of hydrogen-bond acceptors (Lipinski definition) is 1. The van der Waals surface area contributed by atoms with Crippen LogP contribution in [0.3, 0.4) is 0 Å². The van der Waals surface area contributed by atoms with E-state index < -0.39 is 5.97 Å². The van der Waals surface area contributed by atoms with Crippen LogP contribution >= 0.6 is 0 Å². The van der Waals surface area contributed by atoms with Crippen molar-refractivity contribution in [1.82, 2.24) is 0 Å². The van der Waals surface area contributed by atoms with Gasteiger partial charge in [0.05, 0.1) is 0 Å². The van der Waals surface area contributed by atoms with E-state index in [4.69, 9.17) is 5.11 Å². The summed E-state index contributed by atoms with van der Waals surface area (Å²) in [5, 5.41) is 8.38. The van der Waals surface area contributed by atoms with E-state index >= 15 is 0 Å². The largest absolute Gasteiger partial charge is 0.481 e. The molecular weight excluding hydrogens is 176 g/mol. The SMILES string of the molecule is CCCCC=CC=CCCCC(=O)O. The van der Waals surface area contributed by atoms with Crippen molar-refractivity contribution < 1.29 is 9.90 Å². The Morgan fingerprint density at radius 3 is 2.21 bits per heavy atom. The highest BCUT2D eigenvalue weighted by molar-refractivity contribution is 5.66. The Balaban J connectivity index is 3.26. The molecular formula is C12H20O2. The highest BCUT2D eigenvalue weighted by atomic mass is 16.4. The number of carboxylic acids is 1. The summed E-state index contributed by atoms with van der Waals surface area (Å²) in [6.45, 7) is 2.18. The highest BCUT2D eigenvalue weighted by Crippen LogP contribution is 1.98. The van der Waals surface area contributed by atoms with Crippen LogP contribution in [0.25, 0.3) is 0 Å². The van der Waals surface area contributed by atoms with Crippen molar-refractivity contribution in [2.75, 3.05) is 0 Å². The lowest BCUT2D eigenvalue weighted by molar-refractivity contribution is -0.137. The lowest BCUT2D eigenvalue weighted by atomic mass is 10.2. The van der Waals surface area contributed by atoms with Crippen molar-refractivity contribution in [3.05, 3.63) is 24.3 Å². The predicted molar refractivity (Wildman–Crippen MR) is 59.3 cm³/mol. The summed E-state index contributed by atoms with van der Waals surface area (Å²) in [6, 6.07) is 0. The molecule has 2 heteroatoms. The molecule has 0 aromatic rings. The van der Waals surface area contributed by atoms with Gasteiger partial charge in [-0.05, 0) is 19.3 Å². The molecule has 0 heterocycles. The highest BCUT2D eigenvalue weighted by Gasteiger charge is 1.92. The first-order valence-corrected chi connectivity index (χ1v) is 5.30. The molecule has 0 bridgehead atoms. The molecule has 0 spiro atoms. The van der Waals surface area contributed by atoms with Crippen LogP contribution in [-0.4, -0.2) is 11.1 Å². The van der Waals surface area contributed by atoms with Crippen LogP contribution in [0.2, 0.25) is 0 Å². The summed E-state index contributed by atoms with van der Waals surface area (Å²) in [4.78, 5) is 10.2. The number of allylic oxidation sites excluding steroid dienone is 4. The van der Waals surface area contributed by atoms with Gasteiger partial charge in [0.15, 0.2) is 0 Å². The summed E-state index contributed by atoms with van der Waals surface area (Å²) in [6.07, 6.45) is 13.7. The van der Waals surface area contributed by atoms with E-state index in [-0.39, 0.29) is 6.42 Å². The minimum atomic E-state index is -0.711. The Labute approximate surface area is 86.3 Å². The third kappa shape index (κ3) is 11.0. The lowest BCUT2D eigenvalue weighted by Gasteiger charge is -1.89. The summed E-state index contributed by atoms with van der Waals surface area (Å²) in [5.74, 6) is -0.711. The number of unbranched alkanes of at least 4 members (excludes halogenated alkanes) is 3. The van der Waals surface area contributed by atoms with Gasteiger partial charge in [-0.3, -0.25) is 4.79 Å². The number of carbonyl (C=O) groups is 1. The molecule has 80 valence electrons. The van der Waals surface area contributed by atoms with Gasteiger partial charge >= 0.3 is 5.97 Å². The van der Waals surface area contributed by atoms with Gasteiger partial charge in [-0.2, -0.15) is 0 Å². The topological polar surface area (TPSA) is 37.3 Å². The van der Waals surface area contributed by atoms with E-state index in [0.29, 0.717) is 0 Å². The summed E-state index contributed by atoms with van der Waals surface area (Å²) < 4.78 is 0. The summed E-state index contributed by atoms with van der Waals surface area (Å²) >= 11 is 0. The van der Waals surface area contributed by atoms with Gasteiger partial charge < -0.3 is 5.11 Å². The van der Waals surface area contributed by atoms with Crippen molar-refractivity contribution in [2.24, 2.45) is 0 Å². The predicted octanol–water partition coefficient (Wildman–Crippen LogP) is 3.54. The number of carboxylic acid groups (broad SMARTS) is 1. The van der Waals surface area contributed by atoms with Crippen LogP contribution in [0.1, 0.15) is 45.4 Å². The standard InChI is InChI=1S/C12H20O2/c1-2-3-4-5-6-7-8-9-10-11-12(13)14/h5-8H,2-4,9-11H2,1H3,(H,13,14). The van der Waals surface area contributed by atoms with Crippen molar-refractivity contribution in [3.8, 4) is 0 Å². The van der Waals surface area contributed by atoms with Gasteiger partial charge in [-0.15, -0.1) is 0 Å². The van der Waals surface area contributed by atoms with Crippen LogP contribution in [0.15, 0.2) is 24.3 Å². The Hall–Kier alpha value is -1.05. The maximum Gasteiger partial charge on any atom is 0.303 e. The van der Waals surface area contributed by atoms with Crippen LogP contribution < -0.4 is 0 Å². The summed E-state index contributed by atoms with van der Waals surface area (Å²) in [5.41, 5.74) is 0. The Morgan fingerprint density at radius 1 is 1.14 bits per heavy atom. The van der Waals surface area contributed by atoms with Gasteiger partial charge in [0.2, 0.25) is 0 Å². The molecule has 0 unspecified atom stereocenters. The van der Waals surface area contributed by atoms with Gasteiger partial charge in [-0.25, -0.2) is 0 Å². The molecule has 2 nitrogen and oxygen atoms in total. The van der Waals surface area contributed by atoms with Crippen molar-refractivity contribution in [1.29, 1.82) is 0 Å². The Bertz CT molecular complexity index is 192. The normalized spacial score (nSPS) is 11.5. The lowest BCUT2D eigenvalue weighted by Crippen LogP contribution is -1.92. The van der Waals surface area contributed by atoms with E-state index in [0.717, 1.165) is 19.3 Å². The van der Waals surface area contributed by atoms with Crippen molar-refractivity contribution in [3.63, 3.8) is 0 Å². The van der Waals surface area contributed by atoms with Gasteiger partial charge in [0.25, 0.3) is 0 Å². The molecule has 0 aromatic carbocycles. The van der Waals surface area contributed by atoms with E-state index in [1.165, 1.54) is 12.8 Å². The fourth-order valence-electron chi connectivity index (χ4n) is 1.04. The Kier molecular flexibility index (Phi) is 9.28. The zero-order valence-corrected chi connectivity index (χ0v) is 8.91. The van der Waals surface area contributed by atoms with Gasteiger partial charge in [-0.1, -0.05) is 44.1 Å². The van der Waals surface area contributed by atoms with Crippen molar-refractivity contribution in [2.45, 2.75) is 45.4 Å². The van der Waals surface area contributed by atoms with Crippen molar-refractivity contribution >= 4 is 5.97 Å². The van der Waals surface area contributed by atoms with Crippen LogP contribution in [0, 0.1) is 0 Å². The molecule has 1 N–H and O–H groups in total. The molecule has 0 radical (unpaired) electrons. The van der Waals surface area contributed by atoms with Gasteiger partial charge in [0, 0.05) is 6.42 Å². The molecule has 0 saturated carbocycles. The number of rotatable bonds is 8. The first kappa shape index (κ1) is 12.9. The first-order valence-electron chi connectivity index (χ1n) is 5.30. The molecule has 0 atom stereocenters. The van der Waals surface area contributed by atoms with Crippen LogP contribution in [0.4, 0.5) is 0 Å². The van der Waals surface area contributed by atoms with E-state index in [1.54, 1.807) is 0 Å². The second-order valence-corrected chi connectivity index (χ2v) is 3.28. The summed E-state index contributed by atoms with van der Waals surface area (Å²) in [7, 11) is 0. The average molecular weight is 196 g/mol. The minimum absolute atomic E-state index is 0.268. The zero-order valence-electron chi connectivity index (χ0n) is 8.91. The quantitative estimate of drug-likeness (QED) is 0.476.